The van der Waals surface area contributed by atoms with E-state index in [1.54, 1.807) is 30.1 Å². The van der Waals surface area contributed by atoms with Crippen molar-refractivity contribution in [2.75, 3.05) is 23.9 Å². The van der Waals surface area contributed by atoms with Crippen LogP contribution in [0.5, 0.6) is 5.75 Å². The van der Waals surface area contributed by atoms with E-state index in [0.717, 1.165) is 5.56 Å². The van der Waals surface area contributed by atoms with E-state index in [4.69, 9.17) is 4.74 Å². The first-order chi connectivity index (χ1) is 11.1. The zero-order valence-electron chi connectivity index (χ0n) is 12.9. The van der Waals surface area contributed by atoms with Gasteiger partial charge in [-0.05, 0) is 30.2 Å². The number of carbonyl (C=O) groups excluding carboxylic acids is 2. The third-order valence-electron chi connectivity index (χ3n) is 3.81. The summed E-state index contributed by atoms with van der Waals surface area (Å²) in [5, 5.41) is 2.87. The third-order valence-corrected chi connectivity index (χ3v) is 3.81. The molecular formula is C18H18N2O3. The first kappa shape index (κ1) is 15.1. The van der Waals surface area contributed by atoms with Gasteiger partial charge in [-0.1, -0.05) is 30.3 Å². The molecule has 23 heavy (non-hydrogen) atoms. The van der Waals surface area contributed by atoms with E-state index in [1.807, 2.05) is 30.3 Å². The number of hydrogen-bond donors (Lipinski definition) is 1. The molecule has 0 aromatic heterocycles. The Morgan fingerprint density at radius 2 is 2.00 bits per heavy atom. The SMILES string of the molecule is CN1C(=O)COc2ccc(NC(=O)CCc3ccccc3)cc21. The Morgan fingerprint density at radius 3 is 2.78 bits per heavy atom. The highest BCUT2D eigenvalue weighted by molar-refractivity contribution is 5.99. The van der Waals surface area contributed by atoms with Gasteiger partial charge >= 0.3 is 0 Å². The first-order valence-electron chi connectivity index (χ1n) is 7.50. The van der Waals surface area contributed by atoms with Crippen LogP contribution in [0.25, 0.3) is 0 Å². The average molecular weight is 310 g/mol. The zero-order valence-corrected chi connectivity index (χ0v) is 12.9. The lowest BCUT2D eigenvalue weighted by molar-refractivity contribution is -0.121. The van der Waals surface area contributed by atoms with Gasteiger partial charge in [0.15, 0.2) is 6.61 Å². The Kier molecular flexibility index (Phi) is 4.28. The zero-order chi connectivity index (χ0) is 16.2. The van der Waals surface area contributed by atoms with E-state index in [1.165, 1.54) is 0 Å². The van der Waals surface area contributed by atoms with E-state index >= 15 is 0 Å². The molecule has 5 heteroatoms. The van der Waals surface area contributed by atoms with E-state index in [-0.39, 0.29) is 18.4 Å². The van der Waals surface area contributed by atoms with Crippen LogP contribution in [0.2, 0.25) is 0 Å². The molecule has 1 aliphatic rings. The summed E-state index contributed by atoms with van der Waals surface area (Å²) >= 11 is 0. The van der Waals surface area contributed by atoms with Gasteiger partial charge in [0.05, 0.1) is 5.69 Å². The molecule has 0 atom stereocenters. The number of anilines is 2. The van der Waals surface area contributed by atoms with E-state index in [9.17, 15) is 9.59 Å². The molecule has 0 saturated carbocycles. The molecule has 0 fully saturated rings. The number of nitrogens with zero attached hydrogens (tertiary/aromatic N) is 1. The molecule has 0 aliphatic carbocycles. The highest BCUT2D eigenvalue weighted by Crippen LogP contribution is 2.33. The summed E-state index contributed by atoms with van der Waals surface area (Å²) in [6, 6.07) is 15.2. The Bertz CT molecular complexity index is 728. The van der Waals surface area contributed by atoms with Crippen LogP contribution in [0.4, 0.5) is 11.4 Å². The molecule has 0 saturated heterocycles. The number of ether oxygens (including phenoxy) is 1. The molecule has 1 aliphatic heterocycles. The summed E-state index contributed by atoms with van der Waals surface area (Å²) in [7, 11) is 1.70. The van der Waals surface area contributed by atoms with Gasteiger partial charge < -0.3 is 15.0 Å². The molecule has 2 amide bonds. The fraction of sp³-hybridized carbons (Fsp3) is 0.222. The van der Waals surface area contributed by atoms with Crippen LogP contribution in [-0.2, 0) is 16.0 Å². The van der Waals surface area contributed by atoms with Crippen LogP contribution < -0.4 is 15.0 Å². The number of hydrogen-bond acceptors (Lipinski definition) is 3. The summed E-state index contributed by atoms with van der Waals surface area (Å²) in [6.45, 7) is 0.0479. The van der Waals surface area contributed by atoms with Crippen LogP contribution in [0.15, 0.2) is 48.5 Å². The quantitative estimate of drug-likeness (QED) is 0.944. The van der Waals surface area contributed by atoms with Crippen molar-refractivity contribution >= 4 is 23.2 Å². The van der Waals surface area contributed by atoms with Gasteiger partial charge in [-0.15, -0.1) is 0 Å². The summed E-state index contributed by atoms with van der Waals surface area (Å²) in [5.41, 5.74) is 2.46. The summed E-state index contributed by atoms with van der Waals surface area (Å²) in [4.78, 5) is 25.3. The second kappa shape index (κ2) is 6.52. The molecule has 0 spiro atoms. The van der Waals surface area contributed by atoms with Gasteiger partial charge in [0.2, 0.25) is 5.91 Å². The fourth-order valence-corrected chi connectivity index (χ4v) is 2.48. The molecule has 0 unspecified atom stereocenters. The molecule has 0 radical (unpaired) electrons. The van der Waals surface area contributed by atoms with Crippen molar-refractivity contribution in [3.8, 4) is 5.75 Å². The minimum absolute atomic E-state index is 0.0479. The topological polar surface area (TPSA) is 58.6 Å². The normalized spacial score (nSPS) is 13.3. The Balaban J connectivity index is 1.64. The predicted octanol–water partition coefficient (Wildman–Crippen LogP) is 2.61. The number of amides is 2. The molecule has 1 heterocycles. The standard InChI is InChI=1S/C18H18N2O3/c1-20-15-11-14(8-9-16(15)23-12-18(20)22)19-17(21)10-7-13-5-3-2-4-6-13/h2-6,8-9,11H,7,10,12H2,1H3,(H,19,21). The van der Waals surface area contributed by atoms with Gasteiger partial charge in [-0.3, -0.25) is 9.59 Å². The maximum atomic E-state index is 12.1. The van der Waals surface area contributed by atoms with Crippen molar-refractivity contribution < 1.29 is 14.3 Å². The van der Waals surface area contributed by atoms with E-state index < -0.39 is 0 Å². The maximum absolute atomic E-state index is 12.1. The van der Waals surface area contributed by atoms with Crippen LogP contribution in [-0.4, -0.2) is 25.5 Å². The monoisotopic (exact) mass is 310 g/mol. The largest absolute Gasteiger partial charge is 0.482 e. The van der Waals surface area contributed by atoms with Gasteiger partial charge in [0.1, 0.15) is 5.75 Å². The minimum atomic E-state index is -0.106. The van der Waals surface area contributed by atoms with Crippen molar-refractivity contribution in [2.45, 2.75) is 12.8 Å². The fourth-order valence-electron chi connectivity index (χ4n) is 2.48. The van der Waals surface area contributed by atoms with Crippen molar-refractivity contribution in [3.63, 3.8) is 0 Å². The molecule has 0 bridgehead atoms. The second-order valence-electron chi connectivity index (χ2n) is 5.46. The van der Waals surface area contributed by atoms with Crippen LogP contribution in [0.3, 0.4) is 0 Å². The summed E-state index contributed by atoms with van der Waals surface area (Å²) < 4.78 is 5.37. The Hall–Kier alpha value is -2.82. The van der Waals surface area contributed by atoms with Crippen molar-refractivity contribution in [1.29, 1.82) is 0 Å². The number of carbonyl (C=O) groups is 2. The van der Waals surface area contributed by atoms with Gasteiger partial charge in [0.25, 0.3) is 5.91 Å². The third kappa shape index (κ3) is 3.51. The van der Waals surface area contributed by atoms with Gasteiger partial charge in [-0.25, -0.2) is 0 Å². The number of aryl methyl sites for hydroxylation is 1. The second-order valence-corrected chi connectivity index (χ2v) is 5.46. The Labute approximate surface area is 134 Å². The van der Waals surface area contributed by atoms with Crippen molar-refractivity contribution in [3.05, 3.63) is 54.1 Å². The maximum Gasteiger partial charge on any atom is 0.264 e. The van der Waals surface area contributed by atoms with Crippen LogP contribution in [0, 0.1) is 0 Å². The number of fused-ring (bicyclic) bond motifs is 1. The summed E-state index contributed by atoms with van der Waals surface area (Å²) in [5.74, 6) is 0.485. The lowest BCUT2D eigenvalue weighted by atomic mass is 10.1. The molecule has 3 rings (SSSR count). The molecule has 1 N–H and O–H groups in total. The Morgan fingerprint density at radius 1 is 1.22 bits per heavy atom. The average Bonchev–Trinajstić information content (AvgIpc) is 2.58. The number of nitrogens with one attached hydrogen (secondary N) is 1. The van der Waals surface area contributed by atoms with Gasteiger partial charge in [-0.2, -0.15) is 0 Å². The number of likely N-dealkylation sites (N-methyl/N-ethyl adjacent to an activating group) is 1. The van der Waals surface area contributed by atoms with Crippen LogP contribution >= 0.6 is 0 Å². The van der Waals surface area contributed by atoms with Crippen molar-refractivity contribution in [1.82, 2.24) is 0 Å². The first-order valence-corrected chi connectivity index (χ1v) is 7.50. The highest BCUT2D eigenvalue weighted by Gasteiger charge is 2.22. The smallest absolute Gasteiger partial charge is 0.264 e. The molecule has 118 valence electrons. The number of rotatable bonds is 4. The van der Waals surface area contributed by atoms with Crippen molar-refractivity contribution in [2.24, 2.45) is 0 Å². The molecule has 5 nitrogen and oxygen atoms in total. The van der Waals surface area contributed by atoms with E-state index in [0.29, 0.717) is 30.0 Å². The molecule has 2 aromatic carbocycles. The van der Waals surface area contributed by atoms with Crippen LogP contribution in [0.1, 0.15) is 12.0 Å². The summed E-state index contributed by atoms with van der Waals surface area (Å²) in [6.07, 6.45) is 1.10. The predicted molar refractivity (Wildman–Crippen MR) is 88.7 cm³/mol. The molecular weight excluding hydrogens is 292 g/mol. The molecule has 2 aromatic rings. The number of benzene rings is 2. The van der Waals surface area contributed by atoms with Gasteiger partial charge in [0, 0.05) is 19.2 Å². The lowest BCUT2D eigenvalue weighted by Crippen LogP contribution is -2.35. The highest BCUT2D eigenvalue weighted by atomic mass is 16.5. The minimum Gasteiger partial charge on any atom is -0.482 e. The van der Waals surface area contributed by atoms with E-state index in [2.05, 4.69) is 5.32 Å². The lowest BCUT2D eigenvalue weighted by Gasteiger charge is -2.26.